The molecule has 1 unspecified atom stereocenters. The van der Waals surface area contributed by atoms with Crippen molar-refractivity contribution in [2.75, 3.05) is 6.54 Å². The number of carbonyl (C=O) groups excluding carboxylic acids is 1. The van der Waals surface area contributed by atoms with Crippen molar-refractivity contribution in [2.45, 2.75) is 65.0 Å². The van der Waals surface area contributed by atoms with E-state index >= 15 is 0 Å². The summed E-state index contributed by atoms with van der Waals surface area (Å²) in [6, 6.07) is 1.52. The van der Waals surface area contributed by atoms with Gasteiger partial charge in [0.25, 0.3) is 11.5 Å². The van der Waals surface area contributed by atoms with E-state index in [0.29, 0.717) is 31.1 Å². The summed E-state index contributed by atoms with van der Waals surface area (Å²) in [5.41, 5.74) is 6.06. The summed E-state index contributed by atoms with van der Waals surface area (Å²) in [4.78, 5) is 44.9. The molecule has 0 spiro atoms. The molecular weight excluding hydrogens is 394 g/mol. The van der Waals surface area contributed by atoms with Gasteiger partial charge < -0.3 is 11.1 Å². The second-order valence-electron chi connectivity index (χ2n) is 8.01. The van der Waals surface area contributed by atoms with Crippen LogP contribution in [0.4, 0.5) is 0 Å². The molecule has 0 radical (unpaired) electrons. The fraction of sp³-hybridized carbons (Fsp3) is 0.600. The number of nitrogens with two attached hydrogens (primary N) is 1. The van der Waals surface area contributed by atoms with E-state index in [9.17, 15) is 14.4 Å². The summed E-state index contributed by atoms with van der Waals surface area (Å²) in [5.74, 6) is 0.308. The summed E-state index contributed by atoms with van der Waals surface area (Å²) in [6.45, 7) is 6.82. The van der Waals surface area contributed by atoms with E-state index in [-0.39, 0.29) is 41.2 Å². The monoisotopic (exact) mass is 423 g/mol. The highest BCUT2D eigenvalue weighted by Crippen LogP contribution is 2.39. The number of amides is 1. The second kappa shape index (κ2) is 9.54. The van der Waals surface area contributed by atoms with Gasteiger partial charge in [0.1, 0.15) is 0 Å². The standard InChI is InChI=1S/C20H29N5O3.ClH/c1-4-7-25-17-16(19(27)24-20(25)28)14(9-15(23-17)12-5-6-12)18(26)22-13(10-21)8-11(2)3;/h9,11-13H,4-8,10,21H2,1-3H3,(H,22,26)(H,24,27,28);1H. The Morgan fingerprint density at radius 1 is 1.38 bits per heavy atom. The first-order chi connectivity index (χ1) is 13.3. The number of nitrogens with zero attached hydrogens (tertiary/aromatic N) is 2. The number of nitrogens with one attached hydrogen (secondary N) is 2. The molecule has 1 aliphatic carbocycles. The third-order valence-electron chi connectivity index (χ3n) is 5.03. The fourth-order valence-corrected chi connectivity index (χ4v) is 3.54. The first-order valence-corrected chi connectivity index (χ1v) is 10.0. The smallest absolute Gasteiger partial charge is 0.329 e. The number of carbonyl (C=O) groups is 1. The van der Waals surface area contributed by atoms with E-state index in [0.717, 1.165) is 25.0 Å². The van der Waals surface area contributed by atoms with Crippen LogP contribution in [0.5, 0.6) is 0 Å². The van der Waals surface area contributed by atoms with Crippen LogP contribution in [0, 0.1) is 5.92 Å². The van der Waals surface area contributed by atoms with E-state index < -0.39 is 11.2 Å². The molecule has 160 valence electrons. The number of aryl methyl sites for hydroxylation is 1. The van der Waals surface area contributed by atoms with Gasteiger partial charge in [-0.1, -0.05) is 20.8 Å². The lowest BCUT2D eigenvalue weighted by molar-refractivity contribution is 0.0935. The zero-order valence-corrected chi connectivity index (χ0v) is 18.0. The minimum absolute atomic E-state index is 0. The lowest BCUT2D eigenvalue weighted by Gasteiger charge is -2.20. The maximum absolute atomic E-state index is 13.1. The van der Waals surface area contributed by atoms with Crippen LogP contribution in [-0.4, -0.2) is 33.0 Å². The van der Waals surface area contributed by atoms with Gasteiger partial charge in [0.15, 0.2) is 5.65 Å². The van der Waals surface area contributed by atoms with Crippen LogP contribution >= 0.6 is 12.4 Å². The van der Waals surface area contributed by atoms with E-state index in [4.69, 9.17) is 5.73 Å². The molecule has 9 heteroatoms. The van der Waals surface area contributed by atoms with Gasteiger partial charge in [-0.05, 0) is 37.7 Å². The number of fused-ring (bicyclic) bond motifs is 1. The number of aromatic nitrogens is 3. The summed E-state index contributed by atoms with van der Waals surface area (Å²) in [5, 5.41) is 3.12. The minimum Gasteiger partial charge on any atom is -0.348 e. The molecular formula is C20H30ClN5O3. The molecule has 8 nitrogen and oxygen atoms in total. The Hall–Kier alpha value is -2.19. The largest absolute Gasteiger partial charge is 0.348 e. The van der Waals surface area contributed by atoms with Crippen molar-refractivity contribution >= 4 is 29.3 Å². The van der Waals surface area contributed by atoms with E-state index in [2.05, 4.69) is 29.1 Å². The Kier molecular flexibility index (Phi) is 7.60. The third-order valence-corrected chi connectivity index (χ3v) is 5.03. The van der Waals surface area contributed by atoms with Gasteiger partial charge in [-0.15, -0.1) is 12.4 Å². The van der Waals surface area contributed by atoms with Gasteiger partial charge in [-0.25, -0.2) is 9.78 Å². The summed E-state index contributed by atoms with van der Waals surface area (Å²) in [7, 11) is 0. The van der Waals surface area contributed by atoms with Crippen molar-refractivity contribution in [3.8, 4) is 0 Å². The predicted octanol–water partition coefficient (Wildman–Crippen LogP) is 1.90. The average molecular weight is 424 g/mol. The average Bonchev–Trinajstić information content (AvgIpc) is 3.48. The quantitative estimate of drug-likeness (QED) is 0.598. The molecule has 2 aromatic rings. The van der Waals surface area contributed by atoms with Gasteiger partial charge in [-0.3, -0.25) is 19.1 Å². The molecule has 29 heavy (non-hydrogen) atoms. The zero-order valence-electron chi connectivity index (χ0n) is 17.2. The molecule has 0 aromatic carbocycles. The molecule has 4 N–H and O–H groups in total. The Morgan fingerprint density at radius 2 is 2.07 bits per heavy atom. The van der Waals surface area contributed by atoms with Crippen molar-refractivity contribution in [2.24, 2.45) is 11.7 Å². The molecule has 1 saturated carbocycles. The second-order valence-corrected chi connectivity index (χ2v) is 8.01. The molecule has 2 aromatic heterocycles. The van der Waals surface area contributed by atoms with E-state index in [1.165, 1.54) is 4.57 Å². The van der Waals surface area contributed by atoms with Gasteiger partial charge in [-0.2, -0.15) is 0 Å². The minimum atomic E-state index is -0.583. The fourth-order valence-electron chi connectivity index (χ4n) is 3.54. The van der Waals surface area contributed by atoms with Crippen LogP contribution in [0.3, 0.4) is 0 Å². The van der Waals surface area contributed by atoms with Crippen molar-refractivity contribution in [3.63, 3.8) is 0 Å². The molecule has 1 atom stereocenters. The molecule has 2 heterocycles. The zero-order chi connectivity index (χ0) is 20.4. The lowest BCUT2D eigenvalue weighted by Crippen LogP contribution is -2.42. The molecule has 0 aliphatic heterocycles. The van der Waals surface area contributed by atoms with Gasteiger partial charge in [0.05, 0.1) is 10.9 Å². The van der Waals surface area contributed by atoms with Crippen LogP contribution in [0.2, 0.25) is 0 Å². The van der Waals surface area contributed by atoms with Crippen LogP contribution < -0.4 is 22.3 Å². The normalized spacial score (nSPS) is 14.7. The lowest BCUT2D eigenvalue weighted by atomic mass is 10.0. The van der Waals surface area contributed by atoms with Gasteiger partial charge >= 0.3 is 5.69 Å². The van der Waals surface area contributed by atoms with Crippen molar-refractivity contribution < 1.29 is 4.79 Å². The van der Waals surface area contributed by atoms with Crippen LogP contribution in [0.1, 0.15) is 68.4 Å². The molecule has 1 fully saturated rings. The Morgan fingerprint density at radius 3 is 2.62 bits per heavy atom. The number of aromatic amines is 1. The van der Waals surface area contributed by atoms with E-state index in [1.54, 1.807) is 6.07 Å². The van der Waals surface area contributed by atoms with E-state index in [1.807, 2.05) is 6.92 Å². The summed E-state index contributed by atoms with van der Waals surface area (Å²) >= 11 is 0. The molecule has 1 amide bonds. The highest BCUT2D eigenvalue weighted by molar-refractivity contribution is 6.05. The maximum Gasteiger partial charge on any atom is 0.329 e. The first-order valence-electron chi connectivity index (χ1n) is 10.0. The Labute approximate surface area is 175 Å². The number of H-pyrrole nitrogens is 1. The summed E-state index contributed by atoms with van der Waals surface area (Å²) < 4.78 is 1.45. The third kappa shape index (κ3) is 5.05. The van der Waals surface area contributed by atoms with Gasteiger partial charge in [0.2, 0.25) is 0 Å². The van der Waals surface area contributed by atoms with Gasteiger partial charge in [0, 0.05) is 30.7 Å². The highest BCUT2D eigenvalue weighted by Gasteiger charge is 2.29. The highest BCUT2D eigenvalue weighted by atomic mass is 35.5. The summed E-state index contributed by atoms with van der Waals surface area (Å²) in [6.07, 6.45) is 3.46. The number of hydrogen-bond donors (Lipinski definition) is 3. The number of halogens is 1. The van der Waals surface area contributed by atoms with Crippen LogP contribution in [-0.2, 0) is 6.54 Å². The number of hydrogen-bond acceptors (Lipinski definition) is 5. The molecule has 0 bridgehead atoms. The van der Waals surface area contributed by atoms with Crippen LogP contribution in [0.25, 0.3) is 11.0 Å². The topological polar surface area (TPSA) is 123 Å². The SMILES string of the molecule is CCCn1c(=O)[nH]c(=O)c2c(C(=O)NC(CN)CC(C)C)cc(C3CC3)nc21.Cl. The Balaban J connectivity index is 0.00000300. The first kappa shape index (κ1) is 23.1. The maximum atomic E-state index is 13.1. The predicted molar refractivity (Wildman–Crippen MR) is 116 cm³/mol. The van der Waals surface area contributed by atoms with Crippen LogP contribution in [0.15, 0.2) is 15.7 Å². The van der Waals surface area contributed by atoms with Crippen molar-refractivity contribution in [3.05, 3.63) is 38.2 Å². The molecule has 3 rings (SSSR count). The molecule has 1 aliphatic rings. The van der Waals surface area contributed by atoms with Crippen molar-refractivity contribution in [1.29, 1.82) is 0 Å². The number of rotatable bonds is 8. The Bertz CT molecular complexity index is 994. The molecule has 0 saturated heterocycles. The number of pyridine rings is 1. The van der Waals surface area contributed by atoms with Crippen molar-refractivity contribution in [1.82, 2.24) is 19.9 Å².